The minimum Gasteiger partial charge on any atom is -0.494 e. The van der Waals surface area contributed by atoms with Crippen molar-refractivity contribution in [2.45, 2.75) is 51.6 Å². The molecule has 0 saturated carbocycles. The van der Waals surface area contributed by atoms with Gasteiger partial charge in [0.15, 0.2) is 0 Å². The van der Waals surface area contributed by atoms with Crippen LogP contribution in [0, 0.1) is 0 Å². The Morgan fingerprint density at radius 1 is 1.15 bits per heavy atom. The van der Waals surface area contributed by atoms with Gasteiger partial charge < -0.3 is 9.64 Å². The average Bonchev–Trinajstić information content (AvgIpc) is 2.37. The molecule has 1 rings (SSSR count). The normalized spacial score (nSPS) is 10.9. The number of benzene rings is 1. The molecule has 1 aromatic carbocycles. The van der Waals surface area contributed by atoms with Crippen molar-refractivity contribution in [3.8, 4) is 5.75 Å². The third-order valence-corrected chi connectivity index (χ3v) is 3.89. The SMILES string of the molecule is CCOc1ccc(SCC(=O)N(C(C)C)C(C)C)cc1. The predicted octanol–water partition coefficient (Wildman–Crippen LogP) is 3.82. The number of thioether (sulfide) groups is 1. The first-order valence-electron chi connectivity index (χ1n) is 7.12. The van der Waals surface area contributed by atoms with Gasteiger partial charge in [0.2, 0.25) is 5.91 Å². The lowest BCUT2D eigenvalue weighted by Crippen LogP contribution is -2.43. The van der Waals surface area contributed by atoms with E-state index in [1.54, 1.807) is 11.8 Å². The Morgan fingerprint density at radius 2 is 1.70 bits per heavy atom. The van der Waals surface area contributed by atoms with Gasteiger partial charge in [0.25, 0.3) is 0 Å². The molecular formula is C16H25NO2S. The van der Waals surface area contributed by atoms with Crippen molar-refractivity contribution >= 4 is 17.7 Å². The summed E-state index contributed by atoms with van der Waals surface area (Å²) in [5, 5.41) is 0. The van der Waals surface area contributed by atoms with Crippen LogP contribution in [-0.4, -0.2) is 35.3 Å². The van der Waals surface area contributed by atoms with E-state index in [-0.39, 0.29) is 18.0 Å². The molecule has 0 N–H and O–H groups in total. The smallest absolute Gasteiger partial charge is 0.233 e. The maximum atomic E-state index is 12.2. The molecule has 0 aliphatic carbocycles. The highest BCUT2D eigenvalue weighted by Gasteiger charge is 2.19. The fraction of sp³-hybridized carbons (Fsp3) is 0.562. The molecule has 0 radical (unpaired) electrons. The van der Waals surface area contributed by atoms with E-state index in [0.717, 1.165) is 10.6 Å². The molecule has 20 heavy (non-hydrogen) atoms. The molecule has 0 aliphatic rings. The number of ether oxygens (including phenoxy) is 1. The first kappa shape index (κ1) is 16.9. The molecule has 0 atom stereocenters. The highest BCUT2D eigenvalue weighted by atomic mass is 32.2. The van der Waals surface area contributed by atoms with Gasteiger partial charge in [-0.2, -0.15) is 0 Å². The zero-order valence-electron chi connectivity index (χ0n) is 13.1. The molecule has 0 aliphatic heterocycles. The van der Waals surface area contributed by atoms with Crippen LogP contribution in [0.1, 0.15) is 34.6 Å². The van der Waals surface area contributed by atoms with Gasteiger partial charge in [0.1, 0.15) is 5.75 Å². The lowest BCUT2D eigenvalue weighted by Gasteiger charge is -2.30. The summed E-state index contributed by atoms with van der Waals surface area (Å²) in [7, 11) is 0. The van der Waals surface area contributed by atoms with Crippen molar-refractivity contribution in [2.24, 2.45) is 0 Å². The third kappa shape index (κ3) is 5.08. The Hall–Kier alpha value is -1.16. The van der Waals surface area contributed by atoms with Crippen LogP contribution in [0.5, 0.6) is 5.75 Å². The summed E-state index contributed by atoms with van der Waals surface area (Å²) in [6.07, 6.45) is 0. The molecule has 1 aromatic rings. The Morgan fingerprint density at radius 3 is 2.15 bits per heavy atom. The van der Waals surface area contributed by atoms with E-state index < -0.39 is 0 Å². The maximum Gasteiger partial charge on any atom is 0.233 e. The highest BCUT2D eigenvalue weighted by molar-refractivity contribution is 8.00. The average molecular weight is 295 g/mol. The van der Waals surface area contributed by atoms with E-state index in [4.69, 9.17) is 4.74 Å². The van der Waals surface area contributed by atoms with Crippen molar-refractivity contribution in [3.05, 3.63) is 24.3 Å². The first-order valence-corrected chi connectivity index (χ1v) is 8.11. The Labute approximate surface area is 126 Å². The Bertz CT molecular complexity index is 407. The van der Waals surface area contributed by atoms with Crippen molar-refractivity contribution in [2.75, 3.05) is 12.4 Å². The topological polar surface area (TPSA) is 29.5 Å². The number of carbonyl (C=O) groups is 1. The van der Waals surface area contributed by atoms with Crippen LogP contribution in [0.4, 0.5) is 0 Å². The van der Waals surface area contributed by atoms with E-state index in [1.165, 1.54) is 0 Å². The van der Waals surface area contributed by atoms with E-state index >= 15 is 0 Å². The lowest BCUT2D eigenvalue weighted by atomic mass is 10.2. The zero-order chi connectivity index (χ0) is 15.1. The van der Waals surface area contributed by atoms with Crippen LogP contribution in [0.15, 0.2) is 29.2 Å². The molecular weight excluding hydrogens is 270 g/mol. The zero-order valence-corrected chi connectivity index (χ0v) is 13.9. The number of carbonyl (C=O) groups excluding carboxylic acids is 1. The molecule has 0 fully saturated rings. The number of hydrogen-bond donors (Lipinski definition) is 0. The second kappa shape index (κ2) is 8.20. The van der Waals surface area contributed by atoms with Crippen LogP contribution in [0.3, 0.4) is 0 Å². The highest BCUT2D eigenvalue weighted by Crippen LogP contribution is 2.22. The van der Waals surface area contributed by atoms with E-state index in [0.29, 0.717) is 12.4 Å². The quantitative estimate of drug-likeness (QED) is 0.716. The Balaban J connectivity index is 2.55. The summed E-state index contributed by atoms with van der Waals surface area (Å²) in [4.78, 5) is 15.3. The number of rotatable bonds is 7. The van der Waals surface area contributed by atoms with Gasteiger partial charge in [-0.25, -0.2) is 0 Å². The fourth-order valence-corrected chi connectivity index (χ4v) is 2.96. The summed E-state index contributed by atoms with van der Waals surface area (Å²) >= 11 is 1.57. The molecule has 0 saturated heterocycles. The van der Waals surface area contributed by atoms with E-state index in [1.807, 2.05) is 36.1 Å². The van der Waals surface area contributed by atoms with Gasteiger partial charge >= 0.3 is 0 Å². The van der Waals surface area contributed by atoms with Crippen molar-refractivity contribution in [3.63, 3.8) is 0 Å². The first-order chi connectivity index (χ1) is 9.45. The minimum atomic E-state index is 0.189. The van der Waals surface area contributed by atoms with Crippen molar-refractivity contribution in [1.82, 2.24) is 4.90 Å². The molecule has 0 spiro atoms. The summed E-state index contributed by atoms with van der Waals surface area (Å²) in [5.41, 5.74) is 0. The Kier molecular flexibility index (Phi) is 6.93. The molecule has 3 nitrogen and oxygen atoms in total. The molecule has 4 heteroatoms. The van der Waals surface area contributed by atoms with Gasteiger partial charge in [-0.3, -0.25) is 4.79 Å². The summed E-state index contributed by atoms with van der Waals surface area (Å²) in [6, 6.07) is 8.36. The monoisotopic (exact) mass is 295 g/mol. The fourth-order valence-electron chi connectivity index (χ4n) is 2.19. The summed E-state index contributed by atoms with van der Waals surface area (Å²) < 4.78 is 5.40. The van der Waals surface area contributed by atoms with Crippen LogP contribution in [0.25, 0.3) is 0 Å². The summed E-state index contributed by atoms with van der Waals surface area (Å²) in [5.74, 6) is 1.53. The van der Waals surface area contributed by atoms with Gasteiger partial charge in [-0.05, 0) is 58.9 Å². The lowest BCUT2D eigenvalue weighted by molar-refractivity contribution is -0.131. The molecule has 112 valence electrons. The number of amides is 1. The molecule has 0 unspecified atom stereocenters. The molecule has 0 aromatic heterocycles. The second-order valence-electron chi connectivity index (χ2n) is 5.18. The predicted molar refractivity (Wildman–Crippen MR) is 85.5 cm³/mol. The van der Waals surface area contributed by atoms with Crippen LogP contribution in [0.2, 0.25) is 0 Å². The van der Waals surface area contributed by atoms with Gasteiger partial charge in [-0.15, -0.1) is 11.8 Å². The standard InChI is InChI=1S/C16H25NO2S/c1-6-19-14-7-9-15(10-8-14)20-11-16(18)17(12(2)3)13(4)5/h7-10,12-13H,6,11H2,1-5H3. The minimum absolute atomic E-state index is 0.189. The van der Waals surface area contributed by atoms with Gasteiger partial charge in [-0.1, -0.05) is 0 Å². The molecule has 1 amide bonds. The largest absolute Gasteiger partial charge is 0.494 e. The van der Waals surface area contributed by atoms with Gasteiger partial charge in [0.05, 0.1) is 12.4 Å². The number of nitrogens with zero attached hydrogens (tertiary/aromatic N) is 1. The van der Waals surface area contributed by atoms with Crippen molar-refractivity contribution in [1.29, 1.82) is 0 Å². The molecule has 0 bridgehead atoms. The summed E-state index contributed by atoms with van der Waals surface area (Å²) in [6.45, 7) is 10.9. The van der Waals surface area contributed by atoms with E-state index in [9.17, 15) is 4.79 Å². The third-order valence-electron chi connectivity index (χ3n) is 2.90. The van der Waals surface area contributed by atoms with Crippen LogP contribution < -0.4 is 4.74 Å². The van der Waals surface area contributed by atoms with Crippen molar-refractivity contribution < 1.29 is 9.53 Å². The van der Waals surface area contributed by atoms with E-state index in [2.05, 4.69) is 27.7 Å². The van der Waals surface area contributed by atoms with Crippen LogP contribution in [-0.2, 0) is 4.79 Å². The second-order valence-corrected chi connectivity index (χ2v) is 6.23. The van der Waals surface area contributed by atoms with Gasteiger partial charge in [0, 0.05) is 17.0 Å². The number of hydrogen-bond acceptors (Lipinski definition) is 3. The van der Waals surface area contributed by atoms with Crippen LogP contribution >= 0.6 is 11.8 Å². The maximum absolute atomic E-state index is 12.2. The molecule has 0 heterocycles.